The Labute approximate surface area is 144 Å². The normalized spacial score (nSPS) is 13.6. The highest BCUT2D eigenvalue weighted by Gasteiger charge is 2.24. The summed E-state index contributed by atoms with van der Waals surface area (Å²) in [5.41, 5.74) is 3.33. The summed E-state index contributed by atoms with van der Waals surface area (Å²) in [6, 6.07) is 12.1. The molecule has 0 fully saturated rings. The monoisotopic (exact) mass is 336 g/mol. The number of hydrogen-bond acceptors (Lipinski definition) is 3. The Hall–Kier alpha value is -3.02. The highest BCUT2D eigenvalue weighted by atomic mass is 19.1. The van der Waals surface area contributed by atoms with Crippen LogP contribution >= 0.6 is 0 Å². The van der Waals surface area contributed by atoms with E-state index in [0.29, 0.717) is 24.3 Å². The summed E-state index contributed by atoms with van der Waals surface area (Å²) in [5.74, 6) is -0.416. The number of hydrogen-bond donors (Lipinski definition) is 0. The number of halogens is 1. The van der Waals surface area contributed by atoms with Gasteiger partial charge in [0.25, 0.3) is 5.91 Å². The molecule has 0 unspecified atom stereocenters. The number of rotatable bonds is 3. The van der Waals surface area contributed by atoms with Crippen LogP contribution in [0, 0.1) is 5.82 Å². The molecule has 0 bridgehead atoms. The van der Waals surface area contributed by atoms with Crippen LogP contribution < -0.4 is 4.90 Å². The zero-order chi connectivity index (χ0) is 17.2. The van der Waals surface area contributed by atoms with Crippen LogP contribution in [0.25, 0.3) is 0 Å². The lowest BCUT2D eigenvalue weighted by atomic mass is 10.0. The number of anilines is 1. The summed E-state index contributed by atoms with van der Waals surface area (Å²) < 4.78 is 15.3. The smallest absolute Gasteiger partial charge is 0.258 e. The minimum Gasteiger partial charge on any atom is -0.308 e. The number of fused-ring (bicyclic) bond motifs is 1. The fraction of sp³-hybridized carbons (Fsp3) is 0.211. The third-order valence-electron chi connectivity index (χ3n) is 4.42. The molecule has 3 aromatic rings. The molecule has 1 aliphatic rings. The van der Waals surface area contributed by atoms with E-state index < -0.39 is 0 Å². The van der Waals surface area contributed by atoms with E-state index in [2.05, 4.69) is 10.1 Å². The van der Waals surface area contributed by atoms with Crippen LogP contribution in [-0.2, 0) is 13.0 Å². The highest BCUT2D eigenvalue weighted by Crippen LogP contribution is 2.29. The number of carbonyl (C=O) groups excluding carboxylic acids is 1. The van der Waals surface area contributed by atoms with E-state index in [-0.39, 0.29) is 11.7 Å². The first kappa shape index (κ1) is 15.5. The Morgan fingerprint density at radius 1 is 1.16 bits per heavy atom. The molecule has 1 aromatic heterocycles. The second kappa shape index (κ2) is 6.47. The molecule has 2 aromatic carbocycles. The van der Waals surface area contributed by atoms with Crippen molar-refractivity contribution in [1.29, 1.82) is 0 Å². The van der Waals surface area contributed by atoms with Crippen molar-refractivity contribution in [2.45, 2.75) is 19.4 Å². The molecule has 25 heavy (non-hydrogen) atoms. The van der Waals surface area contributed by atoms with Crippen molar-refractivity contribution in [1.82, 2.24) is 14.8 Å². The number of benzene rings is 2. The molecule has 0 N–H and O–H groups in total. The largest absolute Gasteiger partial charge is 0.308 e. The van der Waals surface area contributed by atoms with Gasteiger partial charge < -0.3 is 4.90 Å². The maximum absolute atomic E-state index is 13.6. The molecule has 0 atom stereocenters. The quantitative estimate of drug-likeness (QED) is 0.739. The minimum atomic E-state index is -0.318. The Balaban J connectivity index is 1.56. The second-order valence-electron chi connectivity index (χ2n) is 6.12. The van der Waals surface area contributed by atoms with Gasteiger partial charge in [-0.05, 0) is 48.2 Å². The molecule has 6 heteroatoms. The number of carbonyl (C=O) groups is 1. The lowest BCUT2D eigenvalue weighted by molar-refractivity contribution is 0.0985. The van der Waals surface area contributed by atoms with Crippen LogP contribution in [-0.4, -0.2) is 27.2 Å². The van der Waals surface area contributed by atoms with Gasteiger partial charge >= 0.3 is 0 Å². The van der Waals surface area contributed by atoms with Crippen molar-refractivity contribution in [2.75, 3.05) is 11.4 Å². The van der Waals surface area contributed by atoms with Gasteiger partial charge in [-0.15, -0.1) is 0 Å². The number of aryl methyl sites for hydroxylation is 1. The molecular formula is C19H17FN4O. The topological polar surface area (TPSA) is 51.0 Å². The molecule has 0 saturated carbocycles. The molecule has 4 rings (SSSR count). The predicted octanol–water partition coefficient (Wildman–Crippen LogP) is 3.06. The molecule has 0 saturated heterocycles. The van der Waals surface area contributed by atoms with E-state index in [1.54, 1.807) is 22.0 Å². The van der Waals surface area contributed by atoms with Crippen molar-refractivity contribution >= 4 is 11.6 Å². The number of amides is 1. The molecule has 5 nitrogen and oxygen atoms in total. The fourth-order valence-electron chi connectivity index (χ4n) is 3.17. The van der Waals surface area contributed by atoms with Crippen molar-refractivity contribution in [3.8, 4) is 0 Å². The third kappa shape index (κ3) is 3.15. The van der Waals surface area contributed by atoms with Crippen LogP contribution in [0.2, 0.25) is 0 Å². The molecule has 1 aliphatic heterocycles. The number of nitrogens with zero attached hydrogens (tertiary/aromatic N) is 4. The van der Waals surface area contributed by atoms with Crippen molar-refractivity contribution in [2.24, 2.45) is 0 Å². The van der Waals surface area contributed by atoms with Crippen molar-refractivity contribution in [3.63, 3.8) is 0 Å². The van der Waals surface area contributed by atoms with Crippen LogP contribution in [0.1, 0.15) is 27.9 Å². The Morgan fingerprint density at radius 2 is 2.00 bits per heavy atom. The molecule has 126 valence electrons. The summed E-state index contributed by atoms with van der Waals surface area (Å²) in [6.45, 7) is 1.21. The average molecular weight is 336 g/mol. The van der Waals surface area contributed by atoms with Gasteiger partial charge in [0, 0.05) is 12.1 Å². The molecule has 1 amide bonds. The molecule has 0 aliphatic carbocycles. The van der Waals surface area contributed by atoms with E-state index in [0.717, 1.165) is 24.0 Å². The predicted molar refractivity (Wildman–Crippen MR) is 92.0 cm³/mol. The van der Waals surface area contributed by atoms with Gasteiger partial charge in [-0.2, -0.15) is 5.10 Å². The van der Waals surface area contributed by atoms with Crippen LogP contribution in [0.4, 0.5) is 10.1 Å². The van der Waals surface area contributed by atoms with Crippen LogP contribution in [0.3, 0.4) is 0 Å². The first-order valence-corrected chi connectivity index (χ1v) is 8.22. The summed E-state index contributed by atoms with van der Waals surface area (Å²) in [4.78, 5) is 18.5. The summed E-state index contributed by atoms with van der Waals surface area (Å²) in [6.07, 6.45) is 4.90. The Kier molecular flexibility index (Phi) is 4.01. The standard InChI is InChI=1S/C19H17FN4O/c20-17-8-7-15-2-1-9-24(18(15)10-17)19(25)16-5-3-14(4-6-16)11-23-13-21-12-22-23/h3-8,10,12-13H,1-2,9,11H2. The van der Waals surface area contributed by atoms with E-state index in [4.69, 9.17) is 0 Å². The lowest BCUT2D eigenvalue weighted by Crippen LogP contribution is -2.35. The van der Waals surface area contributed by atoms with E-state index in [1.165, 1.54) is 18.5 Å². The second-order valence-corrected chi connectivity index (χ2v) is 6.12. The van der Waals surface area contributed by atoms with Crippen molar-refractivity contribution < 1.29 is 9.18 Å². The van der Waals surface area contributed by atoms with Crippen molar-refractivity contribution in [3.05, 3.63) is 77.6 Å². The maximum atomic E-state index is 13.6. The van der Waals surface area contributed by atoms with Gasteiger partial charge in [0.1, 0.15) is 18.5 Å². The zero-order valence-corrected chi connectivity index (χ0v) is 13.6. The molecule has 0 spiro atoms. The van der Waals surface area contributed by atoms with Gasteiger partial charge in [-0.25, -0.2) is 14.1 Å². The lowest BCUT2D eigenvalue weighted by Gasteiger charge is -2.29. The number of aromatic nitrogens is 3. The van der Waals surface area contributed by atoms with E-state index in [9.17, 15) is 9.18 Å². The maximum Gasteiger partial charge on any atom is 0.258 e. The SMILES string of the molecule is O=C(c1ccc(Cn2cncn2)cc1)N1CCCc2ccc(F)cc21. The van der Waals surface area contributed by atoms with Crippen LogP contribution in [0.15, 0.2) is 55.1 Å². The van der Waals surface area contributed by atoms with Gasteiger partial charge in [-0.1, -0.05) is 18.2 Å². The first-order chi connectivity index (χ1) is 12.2. The fourth-order valence-corrected chi connectivity index (χ4v) is 3.17. The molecule has 2 heterocycles. The molecule has 0 radical (unpaired) electrons. The highest BCUT2D eigenvalue weighted by molar-refractivity contribution is 6.06. The van der Waals surface area contributed by atoms with Gasteiger partial charge in [0.15, 0.2) is 0 Å². The third-order valence-corrected chi connectivity index (χ3v) is 4.42. The van der Waals surface area contributed by atoms with Gasteiger partial charge in [0.2, 0.25) is 0 Å². The first-order valence-electron chi connectivity index (χ1n) is 8.22. The minimum absolute atomic E-state index is 0.0983. The zero-order valence-electron chi connectivity index (χ0n) is 13.6. The summed E-state index contributed by atoms with van der Waals surface area (Å²) in [5, 5.41) is 4.07. The van der Waals surface area contributed by atoms with E-state index >= 15 is 0 Å². The summed E-state index contributed by atoms with van der Waals surface area (Å²) >= 11 is 0. The van der Waals surface area contributed by atoms with Crippen LogP contribution in [0.5, 0.6) is 0 Å². The molecular weight excluding hydrogens is 319 g/mol. The Bertz CT molecular complexity index is 890. The van der Waals surface area contributed by atoms with E-state index in [1.807, 2.05) is 24.3 Å². The van der Waals surface area contributed by atoms with Gasteiger partial charge in [-0.3, -0.25) is 4.79 Å². The Morgan fingerprint density at radius 3 is 2.76 bits per heavy atom. The van der Waals surface area contributed by atoms with Gasteiger partial charge in [0.05, 0.1) is 12.2 Å². The summed E-state index contributed by atoms with van der Waals surface area (Å²) in [7, 11) is 0. The average Bonchev–Trinajstić information content (AvgIpc) is 3.14.